The molecular formula is C14H24N2O. The molecule has 1 aliphatic rings. The summed E-state index contributed by atoms with van der Waals surface area (Å²) < 4.78 is 5.42. The van der Waals surface area contributed by atoms with Crippen LogP contribution in [0.4, 0.5) is 0 Å². The molecule has 17 heavy (non-hydrogen) atoms. The van der Waals surface area contributed by atoms with Gasteiger partial charge in [-0.3, -0.25) is 4.90 Å². The van der Waals surface area contributed by atoms with Crippen molar-refractivity contribution in [1.29, 1.82) is 0 Å². The average molecular weight is 236 g/mol. The summed E-state index contributed by atoms with van der Waals surface area (Å²) in [6, 6.07) is 4.00. The van der Waals surface area contributed by atoms with Crippen LogP contribution in [0.15, 0.2) is 22.8 Å². The van der Waals surface area contributed by atoms with Crippen LogP contribution in [0, 0.1) is 5.41 Å². The van der Waals surface area contributed by atoms with E-state index in [0.717, 1.165) is 31.9 Å². The van der Waals surface area contributed by atoms with Gasteiger partial charge in [-0.25, -0.2) is 0 Å². The fraction of sp³-hybridized carbons (Fsp3) is 0.714. The minimum absolute atomic E-state index is 0.364. The highest BCUT2D eigenvalue weighted by molar-refractivity contribution is 4.98. The van der Waals surface area contributed by atoms with Crippen molar-refractivity contribution in [2.45, 2.75) is 39.2 Å². The summed E-state index contributed by atoms with van der Waals surface area (Å²) >= 11 is 0. The van der Waals surface area contributed by atoms with Crippen LogP contribution in [0.1, 0.15) is 38.4 Å². The van der Waals surface area contributed by atoms with E-state index in [9.17, 15) is 0 Å². The zero-order valence-electron chi connectivity index (χ0n) is 10.8. The van der Waals surface area contributed by atoms with E-state index in [1.54, 1.807) is 6.26 Å². The van der Waals surface area contributed by atoms with Gasteiger partial charge in [0.05, 0.1) is 12.8 Å². The van der Waals surface area contributed by atoms with Gasteiger partial charge < -0.3 is 10.2 Å². The minimum atomic E-state index is 0.364. The van der Waals surface area contributed by atoms with Crippen LogP contribution in [-0.4, -0.2) is 24.5 Å². The van der Waals surface area contributed by atoms with Gasteiger partial charge in [0.1, 0.15) is 5.76 Å². The number of hydrogen-bond donors (Lipinski definition) is 1. The highest BCUT2D eigenvalue weighted by Gasteiger charge is 2.33. The topological polar surface area (TPSA) is 42.4 Å². The first kappa shape index (κ1) is 12.7. The van der Waals surface area contributed by atoms with Gasteiger partial charge in [0.15, 0.2) is 0 Å². The van der Waals surface area contributed by atoms with Crippen LogP contribution < -0.4 is 5.73 Å². The van der Waals surface area contributed by atoms with Crippen LogP contribution in [0.25, 0.3) is 0 Å². The van der Waals surface area contributed by atoms with Crippen molar-refractivity contribution < 1.29 is 4.42 Å². The minimum Gasteiger partial charge on any atom is -0.468 e. The maximum atomic E-state index is 6.00. The van der Waals surface area contributed by atoms with Crippen LogP contribution in [0.5, 0.6) is 0 Å². The number of furan rings is 1. The highest BCUT2D eigenvalue weighted by Crippen LogP contribution is 2.38. The fourth-order valence-electron chi connectivity index (χ4n) is 2.93. The Morgan fingerprint density at radius 3 is 2.71 bits per heavy atom. The van der Waals surface area contributed by atoms with Gasteiger partial charge in [0, 0.05) is 6.54 Å². The molecule has 3 heteroatoms. The maximum Gasteiger partial charge on any atom is 0.117 e. The Balaban J connectivity index is 1.94. The van der Waals surface area contributed by atoms with E-state index >= 15 is 0 Å². The summed E-state index contributed by atoms with van der Waals surface area (Å²) in [4.78, 5) is 2.46. The molecule has 3 nitrogen and oxygen atoms in total. The molecule has 96 valence electrons. The first-order valence-electron chi connectivity index (χ1n) is 6.73. The van der Waals surface area contributed by atoms with Crippen LogP contribution in [-0.2, 0) is 6.54 Å². The van der Waals surface area contributed by atoms with Crippen molar-refractivity contribution in [1.82, 2.24) is 4.90 Å². The van der Waals surface area contributed by atoms with E-state index in [1.165, 1.54) is 25.7 Å². The van der Waals surface area contributed by atoms with Crippen molar-refractivity contribution in [2.75, 3.05) is 19.6 Å². The van der Waals surface area contributed by atoms with Crippen LogP contribution in [0.2, 0.25) is 0 Å². The molecule has 0 saturated heterocycles. The van der Waals surface area contributed by atoms with Crippen LogP contribution >= 0.6 is 0 Å². The second-order valence-corrected chi connectivity index (χ2v) is 5.29. The monoisotopic (exact) mass is 236 g/mol. The van der Waals surface area contributed by atoms with Gasteiger partial charge in [-0.05, 0) is 43.5 Å². The third kappa shape index (κ3) is 3.11. The lowest BCUT2D eigenvalue weighted by Crippen LogP contribution is -2.40. The Morgan fingerprint density at radius 2 is 2.18 bits per heavy atom. The molecule has 0 aliphatic heterocycles. The zero-order valence-corrected chi connectivity index (χ0v) is 10.8. The molecular weight excluding hydrogens is 212 g/mol. The third-order valence-corrected chi connectivity index (χ3v) is 4.06. The third-order valence-electron chi connectivity index (χ3n) is 4.06. The Kier molecular flexibility index (Phi) is 4.24. The molecule has 2 N–H and O–H groups in total. The predicted molar refractivity (Wildman–Crippen MR) is 69.6 cm³/mol. The van der Waals surface area contributed by atoms with E-state index in [0.29, 0.717) is 5.41 Å². The molecule has 0 bridgehead atoms. The molecule has 2 rings (SSSR count). The lowest BCUT2D eigenvalue weighted by atomic mass is 9.85. The summed E-state index contributed by atoms with van der Waals surface area (Å²) in [6.07, 6.45) is 7.01. The molecule has 0 aromatic carbocycles. The Labute approximate surface area is 104 Å². The summed E-state index contributed by atoms with van der Waals surface area (Å²) in [6.45, 7) is 6.11. The summed E-state index contributed by atoms with van der Waals surface area (Å²) in [5.74, 6) is 1.05. The average Bonchev–Trinajstić information content (AvgIpc) is 3.00. The van der Waals surface area contributed by atoms with Gasteiger partial charge in [-0.15, -0.1) is 0 Å². The van der Waals surface area contributed by atoms with E-state index < -0.39 is 0 Å². The van der Waals surface area contributed by atoms with E-state index in [1.807, 2.05) is 12.1 Å². The van der Waals surface area contributed by atoms with Crippen molar-refractivity contribution in [3.63, 3.8) is 0 Å². The normalized spacial score (nSPS) is 19.0. The molecule has 1 saturated carbocycles. The molecule has 0 amide bonds. The molecule has 0 atom stereocenters. The summed E-state index contributed by atoms with van der Waals surface area (Å²) in [5.41, 5.74) is 6.36. The summed E-state index contributed by atoms with van der Waals surface area (Å²) in [7, 11) is 0. The first-order chi connectivity index (χ1) is 8.28. The number of hydrogen-bond acceptors (Lipinski definition) is 3. The number of rotatable bonds is 6. The lowest BCUT2D eigenvalue weighted by molar-refractivity contribution is 0.149. The van der Waals surface area contributed by atoms with Gasteiger partial charge in [0.25, 0.3) is 0 Å². The lowest BCUT2D eigenvalue weighted by Gasteiger charge is -2.33. The largest absolute Gasteiger partial charge is 0.468 e. The molecule has 1 aliphatic carbocycles. The second kappa shape index (κ2) is 5.69. The van der Waals surface area contributed by atoms with Crippen molar-refractivity contribution in [3.8, 4) is 0 Å². The molecule has 1 fully saturated rings. The van der Waals surface area contributed by atoms with Crippen LogP contribution in [0.3, 0.4) is 0 Å². The molecule has 1 aromatic heterocycles. The van der Waals surface area contributed by atoms with E-state index in [4.69, 9.17) is 10.2 Å². The SMILES string of the molecule is CCN(Cc1ccco1)CC1(CN)CCCC1. The van der Waals surface area contributed by atoms with E-state index in [-0.39, 0.29) is 0 Å². The standard InChI is InChI=1S/C14H24N2O/c1-2-16(10-13-6-5-9-17-13)12-14(11-15)7-3-4-8-14/h5-6,9H,2-4,7-8,10-12,15H2,1H3. The summed E-state index contributed by atoms with van der Waals surface area (Å²) in [5, 5.41) is 0. The van der Waals surface area contributed by atoms with Gasteiger partial charge in [-0.1, -0.05) is 19.8 Å². The predicted octanol–water partition coefficient (Wildman–Crippen LogP) is 2.62. The highest BCUT2D eigenvalue weighted by atomic mass is 16.3. The molecule has 1 aromatic rings. The smallest absolute Gasteiger partial charge is 0.117 e. The fourth-order valence-corrected chi connectivity index (χ4v) is 2.93. The van der Waals surface area contributed by atoms with Gasteiger partial charge in [0.2, 0.25) is 0 Å². The molecule has 0 spiro atoms. The van der Waals surface area contributed by atoms with Gasteiger partial charge >= 0.3 is 0 Å². The number of nitrogens with zero attached hydrogens (tertiary/aromatic N) is 1. The van der Waals surface area contributed by atoms with Crippen molar-refractivity contribution >= 4 is 0 Å². The zero-order chi connectivity index (χ0) is 12.1. The second-order valence-electron chi connectivity index (χ2n) is 5.29. The molecule has 1 heterocycles. The van der Waals surface area contributed by atoms with Crippen molar-refractivity contribution in [3.05, 3.63) is 24.2 Å². The Morgan fingerprint density at radius 1 is 1.41 bits per heavy atom. The maximum absolute atomic E-state index is 6.00. The quantitative estimate of drug-likeness (QED) is 0.825. The first-order valence-corrected chi connectivity index (χ1v) is 6.73. The van der Waals surface area contributed by atoms with Crippen molar-refractivity contribution in [2.24, 2.45) is 11.1 Å². The number of nitrogens with two attached hydrogens (primary N) is 1. The van der Waals surface area contributed by atoms with Gasteiger partial charge in [-0.2, -0.15) is 0 Å². The Hall–Kier alpha value is -0.800. The Bertz CT molecular complexity index is 315. The molecule has 0 radical (unpaired) electrons. The van der Waals surface area contributed by atoms with E-state index in [2.05, 4.69) is 11.8 Å². The molecule has 0 unspecified atom stereocenters.